The van der Waals surface area contributed by atoms with Gasteiger partial charge in [0, 0.05) is 18.2 Å². The molecule has 0 bridgehead atoms. The number of rotatable bonds is 7. The summed E-state index contributed by atoms with van der Waals surface area (Å²) in [5, 5.41) is 0. The summed E-state index contributed by atoms with van der Waals surface area (Å²) in [4.78, 5) is 0. The lowest BCUT2D eigenvalue weighted by Crippen LogP contribution is -2.07. The molecule has 0 fully saturated rings. The van der Waals surface area contributed by atoms with Crippen LogP contribution in [0.3, 0.4) is 0 Å². The van der Waals surface area contributed by atoms with Crippen LogP contribution in [0.15, 0.2) is 42.5 Å². The lowest BCUT2D eigenvalue weighted by atomic mass is 10.00. The summed E-state index contributed by atoms with van der Waals surface area (Å²) in [5.74, 6) is 7.25. The molecule has 0 amide bonds. The van der Waals surface area contributed by atoms with E-state index < -0.39 is 0 Å². The molecule has 2 aromatic carbocycles. The zero-order chi connectivity index (χ0) is 17.2. The number of hydrogen-bond donors (Lipinski definition) is 0. The molecule has 0 atom stereocenters. The topological polar surface area (TPSA) is 27.7 Å². The van der Waals surface area contributed by atoms with Crippen molar-refractivity contribution >= 4 is 0 Å². The summed E-state index contributed by atoms with van der Waals surface area (Å²) in [6.07, 6.45) is 0.985. The predicted molar refractivity (Wildman–Crippen MR) is 96.3 cm³/mol. The van der Waals surface area contributed by atoms with Crippen molar-refractivity contribution in [2.45, 2.75) is 20.3 Å². The van der Waals surface area contributed by atoms with Crippen molar-refractivity contribution in [3.63, 3.8) is 0 Å². The van der Waals surface area contributed by atoms with E-state index >= 15 is 0 Å². The minimum absolute atomic E-state index is 0.206. The predicted octanol–water partition coefficient (Wildman–Crippen LogP) is 3.96. The summed E-state index contributed by atoms with van der Waals surface area (Å²) in [6, 6.07) is 14.0. The Labute approximate surface area is 144 Å². The zero-order valence-corrected chi connectivity index (χ0v) is 14.6. The van der Waals surface area contributed by atoms with E-state index in [9.17, 15) is 0 Å². The van der Waals surface area contributed by atoms with Gasteiger partial charge in [0.2, 0.25) is 0 Å². The molecule has 2 rings (SSSR count). The monoisotopic (exact) mass is 324 g/mol. The molecule has 2 aromatic rings. The maximum Gasteiger partial charge on any atom is 0.189 e. The minimum Gasteiger partial charge on any atom is -0.468 e. The molecule has 0 aliphatic rings. The summed E-state index contributed by atoms with van der Waals surface area (Å²) < 4.78 is 15.8. The van der Waals surface area contributed by atoms with E-state index in [0.29, 0.717) is 13.2 Å². The molecule has 0 aromatic heterocycles. The molecule has 0 aliphatic heterocycles. The van der Waals surface area contributed by atoms with Gasteiger partial charge in [-0.3, -0.25) is 0 Å². The van der Waals surface area contributed by atoms with Gasteiger partial charge in [-0.2, -0.15) is 0 Å². The van der Waals surface area contributed by atoms with Crippen LogP contribution in [0.25, 0.3) is 0 Å². The van der Waals surface area contributed by atoms with Gasteiger partial charge < -0.3 is 14.2 Å². The van der Waals surface area contributed by atoms with Crippen LogP contribution in [-0.2, 0) is 15.9 Å². The Morgan fingerprint density at radius 2 is 1.83 bits per heavy atom. The van der Waals surface area contributed by atoms with Gasteiger partial charge in [0.15, 0.2) is 6.79 Å². The van der Waals surface area contributed by atoms with Crippen molar-refractivity contribution in [2.24, 2.45) is 0 Å². The van der Waals surface area contributed by atoms with Crippen molar-refractivity contribution in [1.82, 2.24) is 0 Å². The van der Waals surface area contributed by atoms with Crippen molar-refractivity contribution in [2.75, 3.05) is 27.1 Å². The second-order valence-electron chi connectivity index (χ2n) is 5.40. The van der Waals surface area contributed by atoms with Crippen LogP contribution >= 0.6 is 0 Å². The molecule has 0 saturated carbocycles. The average molecular weight is 324 g/mol. The molecule has 0 radical (unpaired) electrons. The van der Waals surface area contributed by atoms with E-state index in [0.717, 1.165) is 23.3 Å². The summed E-state index contributed by atoms with van der Waals surface area (Å²) in [5.41, 5.74) is 4.61. The number of benzene rings is 2. The van der Waals surface area contributed by atoms with E-state index in [2.05, 4.69) is 43.9 Å². The Morgan fingerprint density at radius 1 is 1.00 bits per heavy atom. The van der Waals surface area contributed by atoms with Crippen molar-refractivity contribution in [3.8, 4) is 17.6 Å². The molecule has 0 aliphatic carbocycles. The lowest BCUT2D eigenvalue weighted by Gasteiger charge is -2.07. The maximum atomic E-state index is 5.56. The molecule has 126 valence electrons. The van der Waals surface area contributed by atoms with Gasteiger partial charge in [-0.05, 0) is 48.7 Å². The van der Waals surface area contributed by atoms with E-state index in [1.807, 2.05) is 24.3 Å². The highest BCUT2D eigenvalue weighted by Crippen LogP contribution is 2.15. The molecule has 24 heavy (non-hydrogen) atoms. The molecule has 3 nitrogen and oxygen atoms in total. The second kappa shape index (κ2) is 9.77. The summed E-state index contributed by atoms with van der Waals surface area (Å²) in [6.45, 7) is 5.57. The third kappa shape index (κ3) is 5.42. The standard InChI is InChI=1S/C21H24O3/c1-4-21-17(2)7-5-9-19(21)12-11-18-8-6-10-20(15-18)24-16-23-14-13-22-3/h5-10,15H,4,13-14,16H2,1-3H3. The summed E-state index contributed by atoms with van der Waals surface area (Å²) >= 11 is 0. The number of aryl methyl sites for hydroxylation is 1. The Morgan fingerprint density at radius 3 is 2.62 bits per heavy atom. The van der Waals surface area contributed by atoms with Crippen LogP contribution in [0.5, 0.6) is 5.75 Å². The van der Waals surface area contributed by atoms with Crippen molar-refractivity contribution in [3.05, 3.63) is 64.7 Å². The molecule has 0 unspecified atom stereocenters. The van der Waals surface area contributed by atoms with Crippen LogP contribution in [-0.4, -0.2) is 27.1 Å². The quantitative estimate of drug-likeness (QED) is 0.438. The van der Waals surface area contributed by atoms with Gasteiger partial charge in [0.25, 0.3) is 0 Å². The first kappa shape index (κ1) is 18.1. The Balaban J connectivity index is 2.04. The Bertz CT molecular complexity index is 711. The highest BCUT2D eigenvalue weighted by molar-refractivity contribution is 5.50. The van der Waals surface area contributed by atoms with Gasteiger partial charge >= 0.3 is 0 Å². The average Bonchev–Trinajstić information content (AvgIpc) is 2.60. The van der Waals surface area contributed by atoms with Crippen LogP contribution in [0.4, 0.5) is 0 Å². The molecule has 0 saturated heterocycles. The van der Waals surface area contributed by atoms with Crippen LogP contribution in [0.2, 0.25) is 0 Å². The third-order valence-corrected chi connectivity index (χ3v) is 3.68. The van der Waals surface area contributed by atoms with Crippen LogP contribution < -0.4 is 4.74 Å². The fourth-order valence-electron chi connectivity index (χ4n) is 2.40. The van der Waals surface area contributed by atoms with Gasteiger partial charge in [0.05, 0.1) is 13.2 Å². The number of hydrogen-bond acceptors (Lipinski definition) is 3. The largest absolute Gasteiger partial charge is 0.468 e. The van der Waals surface area contributed by atoms with Crippen LogP contribution in [0.1, 0.15) is 29.2 Å². The number of ether oxygens (including phenoxy) is 3. The van der Waals surface area contributed by atoms with E-state index in [-0.39, 0.29) is 6.79 Å². The fraction of sp³-hybridized carbons (Fsp3) is 0.333. The van der Waals surface area contributed by atoms with E-state index in [1.54, 1.807) is 7.11 Å². The molecule has 3 heteroatoms. The Kier molecular flexibility index (Phi) is 7.35. The molecular formula is C21H24O3. The minimum atomic E-state index is 0.206. The summed E-state index contributed by atoms with van der Waals surface area (Å²) in [7, 11) is 1.64. The molecule has 0 heterocycles. The van der Waals surface area contributed by atoms with Gasteiger partial charge in [-0.1, -0.05) is 37.0 Å². The highest BCUT2D eigenvalue weighted by Gasteiger charge is 2.01. The van der Waals surface area contributed by atoms with E-state index in [1.165, 1.54) is 11.1 Å². The zero-order valence-electron chi connectivity index (χ0n) is 14.6. The van der Waals surface area contributed by atoms with Gasteiger partial charge in [-0.25, -0.2) is 0 Å². The van der Waals surface area contributed by atoms with Crippen LogP contribution in [0, 0.1) is 18.8 Å². The first-order valence-corrected chi connectivity index (χ1v) is 8.14. The fourth-order valence-corrected chi connectivity index (χ4v) is 2.40. The lowest BCUT2D eigenvalue weighted by molar-refractivity contribution is -0.00847. The Hall–Kier alpha value is -2.28. The second-order valence-corrected chi connectivity index (χ2v) is 5.40. The normalized spacial score (nSPS) is 10.1. The van der Waals surface area contributed by atoms with Gasteiger partial charge in [-0.15, -0.1) is 0 Å². The van der Waals surface area contributed by atoms with Gasteiger partial charge in [0.1, 0.15) is 5.75 Å². The first-order valence-electron chi connectivity index (χ1n) is 8.14. The highest BCUT2D eigenvalue weighted by atomic mass is 16.7. The molecule has 0 spiro atoms. The van der Waals surface area contributed by atoms with E-state index in [4.69, 9.17) is 14.2 Å². The van der Waals surface area contributed by atoms with Crippen molar-refractivity contribution < 1.29 is 14.2 Å². The number of methoxy groups -OCH3 is 1. The third-order valence-electron chi connectivity index (χ3n) is 3.68. The smallest absolute Gasteiger partial charge is 0.189 e. The SMILES string of the molecule is CCc1c(C)cccc1C#Cc1cccc(OCOCCOC)c1. The molecule has 0 N–H and O–H groups in total. The molecular weight excluding hydrogens is 300 g/mol. The van der Waals surface area contributed by atoms with Crippen molar-refractivity contribution in [1.29, 1.82) is 0 Å². The first-order chi connectivity index (χ1) is 11.7. The maximum absolute atomic E-state index is 5.56.